The predicted molar refractivity (Wildman–Crippen MR) is 83.1 cm³/mol. The maximum absolute atomic E-state index is 13.5. The molecule has 0 amide bonds. The van der Waals surface area contributed by atoms with Crippen LogP contribution in [0.15, 0.2) is 29.2 Å². The first-order valence-electron chi connectivity index (χ1n) is 7.57. The van der Waals surface area contributed by atoms with Gasteiger partial charge in [-0.2, -0.15) is 0 Å². The first kappa shape index (κ1) is 15.0. The van der Waals surface area contributed by atoms with Crippen LogP contribution in [0.5, 0.6) is 5.75 Å². The lowest BCUT2D eigenvalue weighted by Gasteiger charge is -2.29. The molecule has 0 bridgehead atoms. The highest BCUT2D eigenvalue weighted by atomic mass is 19.1. The van der Waals surface area contributed by atoms with Gasteiger partial charge in [-0.3, -0.25) is 9.69 Å². The lowest BCUT2D eigenvalue weighted by molar-refractivity contribution is 0.135. The number of aromatic nitrogens is 2. The SMILES string of the molecule is COc1ccc2ncc(=O)n(CCN3CCC[C@H](F)C3)c2c1. The molecule has 6 heteroatoms. The van der Waals surface area contributed by atoms with Crippen molar-refractivity contribution in [3.63, 3.8) is 0 Å². The second-order valence-corrected chi connectivity index (χ2v) is 5.64. The van der Waals surface area contributed by atoms with E-state index in [1.54, 1.807) is 11.7 Å². The van der Waals surface area contributed by atoms with Gasteiger partial charge in [-0.1, -0.05) is 0 Å². The number of halogens is 1. The van der Waals surface area contributed by atoms with Crippen LogP contribution in [-0.4, -0.2) is 47.4 Å². The van der Waals surface area contributed by atoms with E-state index in [2.05, 4.69) is 9.88 Å². The smallest absolute Gasteiger partial charge is 0.269 e. The van der Waals surface area contributed by atoms with Gasteiger partial charge < -0.3 is 9.30 Å². The van der Waals surface area contributed by atoms with Crippen molar-refractivity contribution in [2.75, 3.05) is 26.7 Å². The maximum atomic E-state index is 13.5. The van der Waals surface area contributed by atoms with E-state index < -0.39 is 6.17 Å². The molecule has 1 aliphatic rings. The van der Waals surface area contributed by atoms with Crippen molar-refractivity contribution in [3.8, 4) is 5.75 Å². The summed E-state index contributed by atoms with van der Waals surface area (Å²) in [6, 6.07) is 5.48. The molecule has 1 aliphatic heterocycles. The molecule has 1 atom stereocenters. The van der Waals surface area contributed by atoms with Crippen LogP contribution in [0.2, 0.25) is 0 Å². The van der Waals surface area contributed by atoms with E-state index in [0.29, 0.717) is 31.8 Å². The third kappa shape index (κ3) is 3.11. The van der Waals surface area contributed by atoms with Crippen molar-refractivity contribution in [3.05, 3.63) is 34.7 Å². The molecule has 0 saturated carbocycles. The minimum Gasteiger partial charge on any atom is -0.497 e. The summed E-state index contributed by atoms with van der Waals surface area (Å²) in [4.78, 5) is 18.4. The van der Waals surface area contributed by atoms with Gasteiger partial charge in [-0.05, 0) is 31.5 Å². The van der Waals surface area contributed by atoms with Crippen LogP contribution in [0.1, 0.15) is 12.8 Å². The average molecular weight is 305 g/mol. The number of methoxy groups -OCH3 is 1. The molecule has 0 radical (unpaired) electrons. The molecule has 1 saturated heterocycles. The number of benzene rings is 1. The molecule has 0 spiro atoms. The summed E-state index contributed by atoms with van der Waals surface area (Å²) >= 11 is 0. The highest BCUT2D eigenvalue weighted by Gasteiger charge is 2.19. The van der Waals surface area contributed by atoms with E-state index in [-0.39, 0.29) is 5.56 Å². The molecule has 0 unspecified atom stereocenters. The summed E-state index contributed by atoms with van der Waals surface area (Å²) in [5.74, 6) is 0.690. The number of fused-ring (bicyclic) bond motifs is 1. The van der Waals surface area contributed by atoms with Crippen molar-refractivity contribution in [1.29, 1.82) is 0 Å². The summed E-state index contributed by atoms with van der Waals surface area (Å²) in [6.07, 6.45) is 2.11. The van der Waals surface area contributed by atoms with Crippen molar-refractivity contribution in [2.24, 2.45) is 0 Å². The summed E-state index contributed by atoms with van der Waals surface area (Å²) in [7, 11) is 1.59. The number of nitrogens with zero attached hydrogens (tertiary/aromatic N) is 3. The third-order valence-electron chi connectivity index (χ3n) is 4.14. The molecular formula is C16H20FN3O2. The van der Waals surface area contributed by atoms with Crippen molar-refractivity contribution in [2.45, 2.75) is 25.6 Å². The number of hydrogen-bond acceptors (Lipinski definition) is 4. The average Bonchev–Trinajstić information content (AvgIpc) is 2.53. The van der Waals surface area contributed by atoms with Crippen LogP contribution >= 0.6 is 0 Å². The van der Waals surface area contributed by atoms with Gasteiger partial charge in [0.25, 0.3) is 5.56 Å². The Balaban J connectivity index is 1.85. The van der Waals surface area contributed by atoms with Gasteiger partial charge in [-0.25, -0.2) is 9.37 Å². The van der Waals surface area contributed by atoms with Crippen LogP contribution in [-0.2, 0) is 6.54 Å². The lowest BCUT2D eigenvalue weighted by atomic mass is 10.1. The molecule has 0 aliphatic carbocycles. The number of likely N-dealkylation sites (tertiary alicyclic amines) is 1. The van der Waals surface area contributed by atoms with Crippen molar-refractivity contribution < 1.29 is 9.13 Å². The topological polar surface area (TPSA) is 47.4 Å². The Labute approximate surface area is 128 Å². The first-order valence-corrected chi connectivity index (χ1v) is 7.57. The monoisotopic (exact) mass is 305 g/mol. The summed E-state index contributed by atoms with van der Waals surface area (Å²) < 4.78 is 20.4. The zero-order chi connectivity index (χ0) is 15.5. The molecule has 1 fully saturated rings. The number of ether oxygens (including phenoxy) is 1. The second kappa shape index (κ2) is 6.44. The van der Waals surface area contributed by atoms with Crippen LogP contribution in [0.4, 0.5) is 4.39 Å². The highest BCUT2D eigenvalue weighted by molar-refractivity contribution is 5.76. The lowest BCUT2D eigenvalue weighted by Crippen LogP contribution is -2.39. The summed E-state index contributed by atoms with van der Waals surface area (Å²) in [5.41, 5.74) is 1.36. The molecule has 2 heterocycles. The van der Waals surface area contributed by atoms with E-state index in [1.807, 2.05) is 18.2 Å². The van der Waals surface area contributed by atoms with Crippen molar-refractivity contribution >= 4 is 11.0 Å². The molecule has 118 valence electrons. The Kier molecular flexibility index (Phi) is 4.38. The molecule has 2 aromatic rings. The van der Waals surface area contributed by atoms with Crippen LogP contribution in [0.3, 0.4) is 0 Å². The third-order valence-corrected chi connectivity index (χ3v) is 4.14. The molecule has 5 nitrogen and oxygen atoms in total. The minimum atomic E-state index is -0.750. The number of alkyl halides is 1. The van der Waals surface area contributed by atoms with Gasteiger partial charge in [0.2, 0.25) is 0 Å². The van der Waals surface area contributed by atoms with Gasteiger partial charge in [0.05, 0.1) is 24.3 Å². The number of hydrogen-bond donors (Lipinski definition) is 0. The van der Waals surface area contributed by atoms with E-state index >= 15 is 0 Å². The molecule has 22 heavy (non-hydrogen) atoms. The molecule has 1 aromatic carbocycles. The fourth-order valence-corrected chi connectivity index (χ4v) is 2.94. The largest absolute Gasteiger partial charge is 0.497 e. The fraction of sp³-hybridized carbons (Fsp3) is 0.500. The zero-order valence-electron chi connectivity index (χ0n) is 12.7. The van der Waals surface area contributed by atoms with E-state index in [1.165, 1.54) is 6.20 Å². The highest BCUT2D eigenvalue weighted by Crippen LogP contribution is 2.18. The Morgan fingerprint density at radius 3 is 3.05 bits per heavy atom. The maximum Gasteiger partial charge on any atom is 0.269 e. The van der Waals surface area contributed by atoms with Crippen LogP contribution < -0.4 is 10.3 Å². The van der Waals surface area contributed by atoms with Gasteiger partial charge in [0, 0.05) is 25.7 Å². The predicted octanol–water partition coefficient (Wildman–Crippen LogP) is 1.84. The summed E-state index contributed by atoms with van der Waals surface area (Å²) in [6.45, 7) is 2.54. The second-order valence-electron chi connectivity index (χ2n) is 5.64. The Bertz CT molecular complexity index is 716. The molecule has 1 aromatic heterocycles. The standard InChI is InChI=1S/C16H20FN3O2/c1-22-13-4-5-14-15(9-13)20(16(21)10-18-14)8-7-19-6-2-3-12(17)11-19/h4-5,9-10,12H,2-3,6-8,11H2,1H3/t12-/m0/s1. The van der Waals surface area contributed by atoms with Gasteiger partial charge >= 0.3 is 0 Å². The summed E-state index contributed by atoms with van der Waals surface area (Å²) in [5, 5.41) is 0. The van der Waals surface area contributed by atoms with Crippen LogP contribution in [0, 0.1) is 0 Å². The van der Waals surface area contributed by atoms with E-state index in [4.69, 9.17) is 4.74 Å². The Hall–Kier alpha value is -1.95. The number of rotatable bonds is 4. The van der Waals surface area contributed by atoms with Crippen LogP contribution in [0.25, 0.3) is 11.0 Å². The Morgan fingerprint density at radius 2 is 2.27 bits per heavy atom. The van der Waals surface area contributed by atoms with Gasteiger partial charge in [0.15, 0.2) is 0 Å². The first-order chi connectivity index (χ1) is 10.7. The normalized spacial score (nSPS) is 19.5. The van der Waals surface area contributed by atoms with E-state index in [0.717, 1.165) is 24.0 Å². The van der Waals surface area contributed by atoms with Gasteiger partial charge in [-0.15, -0.1) is 0 Å². The minimum absolute atomic E-state index is 0.144. The quantitative estimate of drug-likeness (QED) is 0.865. The van der Waals surface area contributed by atoms with Gasteiger partial charge in [0.1, 0.15) is 11.9 Å². The number of piperidine rings is 1. The van der Waals surface area contributed by atoms with Crippen molar-refractivity contribution in [1.82, 2.24) is 14.5 Å². The fourth-order valence-electron chi connectivity index (χ4n) is 2.94. The molecular weight excluding hydrogens is 285 g/mol. The molecule has 3 rings (SSSR count). The van der Waals surface area contributed by atoms with E-state index in [9.17, 15) is 9.18 Å². The Morgan fingerprint density at radius 1 is 1.41 bits per heavy atom. The zero-order valence-corrected chi connectivity index (χ0v) is 12.7. The molecule has 0 N–H and O–H groups in total.